The standard InChI is InChI=1S/C11H17N3O2/c1-2-3-6-14(7-8-15)11(16)10-4-5-12-13-9-10/h4-5,9,15H,2-3,6-8H2,1H3. The van der Waals surface area contributed by atoms with Crippen molar-refractivity contribution in [3.05, 3.63) is 24.0 Å². The van der Waals surface area contributed by atoms with Crippen molar-refractivity contribution < 1.29 is 9.90 Å². The van der Waals surface area contributed by atoms with E-state index in [0.29, 0.717) is 18.7 Å². The summed E-state index contributed by atoms with van der Waals surface area (Å²) < 4.78 is 0. The first-order valence-electron chi connectivity index (χ1n) is 5.46. The highest BCUT2D eigenvalue weighted by molar-refractivity contribution is 5.93. The molecule has 88 valence electrons. The largest absolute Gasteiger partial charge is 0.395 e. The maximum absolute atomic E-state index is 12.0. The predicted molar refractivity (Wildman–Crippen MR) is 59.9 cm³/mol. The number of aliphatic hydroxyl groups excluding tert-OH is 1. The lowest BCUT2D eigenvalue weighted by molar-refractivity contribution is 0.0718. The summed E-state index contributed by atoms with van der Waals surface area (Å²) in [6, 6.07) is 1.63. The topological polar surface area (TPSA) is 66.3 Å². The maximum atomic E-state index is 12.0. The van der Waals surface area contributed by atoms with Crippen LogP contribution in [-0.2, 0) is 0 Å². The van der Waals surface area contributed by atoms with Crippen molar-refractivity contribution in [1.82, 2.24) is 15.1 Å². The van der Waals surface area contributed by atoms with Gasteiger partial charge in [-0.1, -0.05) is 13.3 Å². The van der Waals surface area contributed by atoms with Crippen molar-refractivity contribution in [1.29, 1.82) is 0 Å². The fourth-order valence-corrected chi connectivity index (χ4v) is 1.38. The van der Waals surface area contributed by atoms with E-state index in [1.165, 1.54) is 12.4 Å². The fourth-order valence-electron chi connectivity index (χ4n) is 1.38. The molecule has 1 heterocycles. The number of nitrogens with zero attached hydrogens (tertiary/aromatic N) is 3. The molecule has 1 N–H and O–H groups in total. The molecule has 0 spiro atoms. The summed E-state index contributed by atoms with van der Waals surface area (Å²) in [7, 11) is 0. The third-order valence-corrected chi connectivity index (χ3v) is 2.27. The lowest BCUT2D eigenvalue weighted by Crippen LogP contribution is -2.34. The second kappa shape index (κ2) is 6.90. The molecule has 0 aliphatic carbocycles. The number of hydrogen-bond acceptors (Lipinski definition) is 4. The summed E-state index contributed by atoms with van der Waals surface area (Å²) in [5.74, 6) is -0.0996. The second-order valence-electron chi connectivity index (χ2n) is 3.50. The van der Waals surface area contributed by atoms with Crippen LogP contribution in [0.25, 0.3) is 0 Å². The van der Waals surface area contributed by atoms with E-state index in [-0.39, 0.29) is 12.5 Å². The number of amides is 1. The molecule has 0 bridgehead atoms. The van der Waals surface area contributed by atoms with Gasteiger partial charge in [-0.2, -0.15) is 10.2 Å². The lowest BCUT2D eigenvalue weighted by atomic mass is 10.2. The molecule has 0 saturated carbocycles. The quantitative estimate of drug-likeness (QED) is 0.771. The molecule has 0 aliphatic rings. The Bertz CT molecular complexity index is 316. The third kappa shape index (κ3) is 3.58. The Morgan fingerprint density at radius 3 is 2.81 bits per heavy atom. The molecular formula is C11H17N3O2. The summed E-state index contributed by atoms with van der Waals surface area (Å²) >= 11 is 0. The lowest BCUT2D eigenvalue weighted by Gasteiger charge is -2.21. The van der Waals surface area contributed by atoms with Crippen molar-refractivity contribution >= 4 is 5.91 Å². The molecule has 0 atom stereocenters. The van der Waals surface area contributed by atoms with E-state index < -0.39 is 0 Å². The van der Waals surface area contributed by atoms with Crippen LogP contribution >= 0.6 is 0 Å². The predicted octanol–water partition coefficient (Wildman–Crippen LogP) is 0.711. The van der Waals surface area contributed by atoms with Crippen LogP contribution in [-0.4, -0.2) is 45.8 Å². The Morgan fingerprint density at radius 2 is 2.25 bits per heavy atom. The molecule has 0 aliphatic heterocycles. The van der Waals surface area contributed by atoms with Crippen LogP contribution in [0.3, 0.4) is 0 Å². The van der Waals surface area contributed by atoms with Gasteiger partial charge in [0.15, 0.2) is 0 Å². The van der Waals surface area contributed by atoms with Gasteiger partial charge < -0.3 is 10.0 Å². The Kier molecular flexibility index (Phi) is 5.42. The molecule has 1 amide bonds. The van der Waals surface area contributed by atoms with Gasteiger partial charge in [-0.15, -0.1) is 0 Å². The molecule has 5 nitrogen and oxygen atoms in total. The van der Waals surface area contributed by atoms with E-state index in [9.17, 15) is 4.79 Å². The highest BCUT2D eigenvalue weighted by atomic mass is 16.3. The molecule has 0 fully saturated rings. The monoisotopic (exact) mass is 223 g/mol. The molecular weight excluding hydrogens is 206 g/mol. The number of aliphatic hydroxyl groups is 1. The van der Waals surface area contributed by atoms with Gasteiger partial charge in [0.1, 0.15) is 0 Å². The molecule has 0 saturated heterocycles. The Balaban J connectivity index is 2.67. The van der Waals surface area contributed by atoms with Crippen LogP contribution in [0.1, 0.15) is 30.1 Å². The zero-order chi connectivity index (χ0) is 11.8. The molecule has 1 aromatic heterocycles. The van der Waals surface area contributed by atoms with Crippen LogP contribution in [0, 0.1) is 0 Å². The SMILES string of the molecule is CCCCN(CCO)C(=O)c1ccnnc1. The van der Waals surface area contributed by atoms with Crippen LogP contribution < -0.4 is 0 Å². The van der Waals surface area contributed by atoms with Crippen LogP contribution in [0.15, 0.2) is 18.5 Å². The third-order valence-electron chi connectivity index (χ3n) is 2.27. The van der Waals surface area contributed by atoms with Gasteiger partial charge in [0, 0.05) is 13.1 Å². The summed E-state index contributed by atoms with van der Waals surface area (Å²) in [6.45, 7) is 3.07. The zero-order valence-corrected chi connectivity index (χ0v) is 9.46. The van der Waals surface area contributed by atoms with Crippen LogP contribution in [0.5, 0.6) is 0 Å². The number of aromatic nitrogens is 2. The van der Waals surface area contributed by atoms with Crippen molar-refractivity contribution in [2.24, 2.45) is 0 Å². The van der Waals surface area contributed by atoms with E-state index in [4.69, 9.17) is 5.11 Å². The number of carbonyl (C=O) groups excluding carboxylic acids is 1. The summed E-state index contributed by atoms with van der Waals surface area (Å²) in [6.07, 6.45) is 4.89. The van der Waals surface area contributed by atoms with E-state index in [1.54, 1.807) is 11.0 Å². The molecule has 5 heteroatoms. The minimum Gasteiger partial charge on any atom is -0.395 e. The Hall–Kier alpha value is -1.49. The zero-order valence-electron chi connectivity index (χ0n) is 9.46. The number of unbranched alkanes of at least 4 members (excludes halogenated alkanes) is 1. The first-order chi connectivity index (χ1) is 7.79. The van der Waals surface area contributed by atoms with E-state index in [0.717, 1.165) is 12.8 Å². The summed E-state index contributed by atoms with van der Waals surface area (Å²) in [5.41, 5.74) is 0.513. The van der Waals surface area contributed by atoms with Gasteiger partial charge in [-0.25, -0.2) is 0 Å². The van der Waals surface area contributed by atoms with Crippen molar-refractivity contribution in [3.63, 3.8) is 0 Å². The maximum Gasteiger partial charge on any atom is 0.255 e. The van der Waals surface area contributed by atoms with Gasteiger partial charge >= 0.3 is 0 Å². The summed E-state index contributed by atoms with van der Waals surface area (Å²) in [5, 5.41) is 16.2. The normalized spacial score (nSPS) is 10.1. The van der Waals surface area contributed by atoms with E-state index in [1.807, 2.05) is 0 Å². The molecule has 0 radical (unpaired) electrons. The minimum absolute atomic E-state index is 0.0199. The van der Waals surface area contributed by atoms with Crippen molar-refractivity contribution in [2.45, 2.75) is 19.8 Å². The molecule has 1 rings (SSSR count). The van der Waals surface area contributed by atoms with E-state index in [2.05, 4.69) is 17.1 Å². The second-order valence-corrected chi connectivity index (χ2v) is 3.50. The highest BCUT2D eigenvalue weighted by Crippen LogP contribution is 2.03. The number of rotatable bonds is 6. The highest BCUT2D eigenvalue weighted by Gasteiger charge is 2.14. The average molecular weight is 223 g/mol. The number of carbonyl (C=O) groups is 1. The minimum atomic E-state index is -0.0996. The van der Waals surface area contributed by atoms with Gasteiger partial charge in [-0.05, 0) is 12.5 Å². The summed E-state index contributed by atoms with van der Waals surface area (Å²) in [4.78, 5) is 13.6. The average Bonchev–Trinajstić information content (AvgIpc) is 2.35. The first-order valence-corrected chi connectivity index (χ1v) is 5.46. The van der Waals surface area contributed by atoms with Gasteiger partial charge in [-0.3, -0.25) is 4.79 Å². The van der Waals surface area contributed by atoms with Gasteiger partial charge in [0.25, 0.3) is 5.91 Å². The molecule has 0 aromatic carbocycles. The van der Waals surface area contributed by atoms with Gasteiger partial charge in [0.2, 0.25) is 0 Å². The number of hydrogen-bond donors (Lipinski definition) is 1. The van der Waals surface area contributed by atoms with Crippen LogP contribution in [0.4, 0.5) is 0 Å². The smallest absolute Gasteiger partial charge is 0.255 e. The Labute approximate surface area is 95.1 Å². The Morgan fingerprint density at radius 1 is 1.44 bits per heavy atom. The molecule has 0 unspecified atom stereocenters. The molecule has 16 heavy (non-hydrogen) atoms. The first kappa shape index (κ1) is 12.6. The van der Waals surface area contributed by atoms with Gasteiger partial charge in [0.05, 0.1) is 24.6 Å². The van der Waals surface area contributed by atoms with E-state index >= 15 is 0 Å². The molecule has 1 aromatic rings. The van der Waals surface area contributed by atoms with Crippen molar-refractivity contribution in [3.8, 4) is 0 Å². The van der Waals surface area contributed by atoms with Crippen LogP contribution in [0.2, 0.25) is 0 Å². The van der Waals surface area contributed by atoms with Crippen molar-refractivity contribution in [2.75, 3.05) is 19.7 Å². The fraction of sp³-hybridized carbons (Fsp3) is 0.545.